The largest absolute Gasteiger partial charge is 0.387 e. The molecule has 0 aromatic carbocycles. The van der Waals surface area contributed by atoms with Gasteiger partial charge in [0.15, 0.2) is 17.7 Å². The van der Waals surface area contributed by atoms with E-state index in [1.54, 1.807) is 4.57 Å². The van der Waals surface area contributed by atoms with Crippen LogP contribution in [0.3, 0.4) is 0 Å². The van der Waals surface area contributed by atoms with Crippen molar-refractivity contribution < 1.29 is 14.9 Å². The number of ether oxygens (including phenoxy) is 1. The standard InChI is InChI=1S/C12H16N6O3/c13-5-1-2-12(5)8(20)7(19)11(21-12)18-4-17-6-9(14)15-3-16-10(6)18/h3-5,7-8,11,19-20H,1-2,13H2,(H2,14,15,16)/t5-,7?,8?,11?,12-/m0/s1. The van der Waals surface area contributed by atoms with Crippen molar-refractivity contribution in [3.63, 3.8) is 0 Å². The molecule has 9 heteroatoms. The van der Waals surface area contributed by atoms with E-state index in [1.807, 2.05) is 0 Å². The summed E-state index contributed by atoms with van der Waals surface area (Å²) in [7, 11) is 0. The number of aliphatic hydroxyl groups excluding tert-OH is 2. The topological polar surface area (TPSA) is 145 Å². The molecule has 6 N–H and O–H groups in total. The molecule has 0 amide bonds. The lowest BCUT2D eigenvalue weighted by atomic mass is 9.71. The molecule has 3 unspecified atom stereocenters. The van der Waals surface area contributed by atoms with Gasteiger partial charge in [-0.3, -0.25) is 4.57 Å². The van der Waals surface area contributed by atoms with Crippen LogP contribution < -0.4 is 11.5 Å². The van der Waals surface area contributed by atoms with Gasteiger partial charge in [0.25, 0.3) is 0 Å². The van der Waals surface area contributed by atoms with Gasteiger partial charge in [0.1, 0.15) is 29.7 Å². The molecule has 2 aromatic rings. The average Bonchev–Trinajstić information content (AvgIpc) is 3.01. The summed E-state index contributed by atoms with van der Waals surface area (Å²) in [5.41, 5.74) is 11.7. The van der Waals surface area contributed by atoms with Crippen molar-refractivity contribution in [2.45, 2.75) is 42.9 Å². The molecule has 5 atom stereocenters. The van der Waals surface area contributed by atoms with Gasteiger partial charge in [-0.25, -0.2) is 15.0 Å². The highest BCUT2D eigenvalue weighted by molar-refractivity contribution is 5.81. The van der Waals surface area contributed by atoms with Gasteiger partial charge in [-0.2, -0.15) is 0 Å². The van der Waals surface area contributed by atoms with Crippen molar-refractivity contribution in [3.8, 4) is 0 Å². The Morgan fingerprint density at radius 2 is 2.14 bits per heavy atom. The number of hydrogen-bond acceptors (Lipinski definition) is 8. The molecular formula is C12H16N6O3. The van der Waals surface area contributed by atoms with Crippen LogP contribution in [0.4, 0.5) is 5.82 Å². The van der Waals surface area contributed by atoms with E-state index in [4.69, 9.17) is 16.2 Å². The second-order valence-electron chi connectivity index (χ2n) is 5.63. The Balaban J connectivity index is 1.78. The fraction of sp³-hybridized carbons (Fsp3) is 0.583. The minimum absolute atomic E-state index is 0.252. The quantitative estimate of drug-likeness (QED) is 0.498. The molecule has 112 valence electrons. The van der Waals surface area contributed by atoms with Crippen molar-refractivity contribution in [1.29, 1.82) is 0 Å². The molecule has 0 bridgehead atoms. The van der Waals surface area contributed by atoms with Gasteiger partial charge < -0.3 is 26.4 Å². The van der Waals surface area contributed by atoms with Gasteiger partial charge in [-0.15, -0.1) is 0 Å². The predicted octanol–water partition coefficient (Wildman–Crippen LogP) is -1.48. The molecule has 1 aliphatic heterocycles. The number of nitrogens with zero attached hydrogens (tertiary/aromatic N) is 4. The van der Waals surface area contributed by atoms with Crippen LogP contribution in [-0.2, 0) is 4.74 Å². The van der Waals surface area contributed by atoms with Crippen LogP contribution >= 0.6 is 0 Å². The van der Waals surface area contributed by atoms with E-state index in [9.17, 15) is 10.2 Å². The molecule has 9 nitrogen and oxygen atoms in total. The van der Waals surface area contributed by atoms with Gasteiger partial charge >= 0.3 is 0 Å². The second-order valence-corrected chi connectivity index (χ2v) is 5.63. The Morgan fingerprint density at radius 3 is 2.76 bits per heavy atom. The number of nitrogen functional groups attached to an aromatic ring is 1. The molecular weight excluding hydrogens is 276 g/mol. The maximum Gasteiger partial charge on any atom is 0.167 e. The highest BCUT2D eigenvalue weighted by Gasteiger charge is 2.62. The number of fused-ring (bicyclic) bond motifs is 1. The summed E-state index contributed by atoms with van der Waals surface area (Å²) in [4.78, 5) is 12.1. The lowest BCUT2D eigenvalue weighted by molar-refractivity contribution is -0.158. The number of imidazole rings is 1. The first-order chi connectivity index (χ1) is 10.0. The predicted molar refractivity (Wildman–Crippen MR) is 71.8 cm³/mol. The van der Waals surface area contributed by atoms with E-state index >= 15 is 0 Å². The molecule has 1 aliphatic carbocycles. The number of aliphatic hydroxyl groups is 2. The Bertz CT molecular complexity index is 705. The number of aromatic nitrogens is 4. The number of anilines is 1. The van der Waals surface area contributed by atoms with Crippen LogP contribution in [0.5, 0.6) is 0 Å². The van der Waals surface area contributed by atoms with Crippen LogP contribution in [0.2, 0.25) is 0 Å². The minimum atomic E-state index is -1.11. The van der Waals surface area contributed by atoms with Crippen LogP contribution in [0.25, 0.3) is 11.2 Å². The Kier molecular flexibility index (Phi) is 2.52. The second kappa shape index (κ2) is 4.10. The molecule has 1 saturated heterocycles. The smallest absolute Gasteiger partial charge is 0.167 e. The molecule has 0 radical (unpaired) electrons. The molecule has 4 rings (SSSR count). The van der Waals surface area contributed by atoms with E-state index in [-0.39, 0.29) is 11.9 Å². The summed E-state index contributed by atoms with van der Waals surface area (Å²) >= 11 is 0. The first kappa shape index (κ1) is 12.9. The molecule has 1 saturated carbocycles. The van der Waals surface area contributed by atoms with E-state index < -0.39 is 24.0 Å². The van der Waals surface area contributed by atoms with Crippen LogP contribution in [-0.4, -0.2) is 53.6 Å². The van der Waals surface area contributed by atoms with E-state index in [2.05, 4.69) is 15.0 Å². The average molecular weight is 292 g/mol. The molecule has 3 heterocycles. The molecule has 21 heavy (non-hydrogen) atoms. The van der Waals surface area contributed by atoms with Gasteiger partial charge in [-0.1, -0.05) is 0 Å². The zero-order valence-corrected chi connectivity index (χ0v) is 11.1. The van der Waals surface area contributed by atoms with Crippen molar-refractivity contribution in [2.24, 2.45) is 5.73 Å². The van der Waals surface area contributed by atoms with Crippen molar-refractivity contribution in [2.75, 3.05) is 5.73 Å². The third-order valence-electron chi connectivity index (χ3n) is 4.59. The van der Waals surface area contributed by atoms with Crippen LogP contribution in [0.1, 0.15) is 19.1 Å². The molecule has 1 spiro atoms. The zero-order valence-electron chi connectivity index (χ0n) is 11.1. The van der Waals surface area contributed by atoms with Gasteiger partial charge in [0, 0.05) is 6.04 Å². The minimum Gasteiger partial charge on any atom is -0.387 e. The maximum atomic E-state index is 10.3. The number of nitrogens with two attached hydrogens (primary N) is 2. The van der Waals surface area contributed by atoms with E-state index in [0.29, 0.717) is 17.6 Å². The number of rotatable bonds is 1. The fourth-order valence-electron chi connectivity index (χ4n) is 3.20. The van der Waals surface area contributed by atoms with Gasteiger partial charge in [-0.05, 0) is 12.8 Å². The highest BCUT2D eigenvalue weighted by Crippen LogP contribution is 2.48. The van der Waals surface area contributed by atoms with E-state index in [0.717, 1.165) is 6.42 Å². The van der Waals surface area contributed by atoms with Gasteiger partial charge in [0.05, 0.1) is 6.33 Å². The third-order valence-corrected chi connectivity index (χ3v) is 4.59. The summed E-state index contributed by atoms with van der Waals surface area (Å²) in [6.45, 7) is 0. The summed E-state index contributed by atoms with van der Waals surface area (Å²) in [6.07, 6.45) is 1.22. The van der Waals surface area contributed by atoms with Crippen LogP contribution in [0.15, 0.2) is 12.7 Å². The lowest BCUT2D eigenvalue weighted by Gasteiger charge is -2.46. The zero-order chi connectivity index (χ0) is 14.8. The summed E-state index contributed by atoms with van der Waals surface area (Å²) in [6, 6.07) is -0.290. The Morgan fingerprint density at radius 1 is 1.33 bits per heavy atom. The lowest BCUT2D eigenvalue weighted by Crippen LogP contribution is -2.63. The monoisotopic (exact) mass is 292 g/mol. The normalized spacial score (nSPS) is 39.0. The molecule has 2 aromatic heterocycles. The Hall–Kier alpha value is -1.81. The Labute approximate surface area is 119 Å². The summed E-state index contributed by atoms with van der Waals surface area (Å²) < 4.78 is 7.47. The first-order valence-corrected chi connectivity index (χ1v) is 6.77. The SMILES string of the molecule is Nc1ncnc2c1ncn2C1O[C@]2(CC[C@@H]2N)C(O)C1O. The van der Waals surface area contributed by atoms with Crippen molar-refractivity contribution >= 4 is 17.0 Å². The summed E-state index contributed by atoms with van der Waals surface area (Å²) in [5.74, 6) is 0.252. The van der Waals surface area contributed by atoms with Gasteiger partial charge in [0.2, 0.25) is 0 Å². The van der Waals surface area contributed by atoms with Crippen molar-refractivity contribution in [3.05, 3.63) is 12.7 Å². The third kappa shape index (κ3) is 1.51. The summed E-state index contributed by atoms with van der Waals surface area (Å²) in [5, 5.41) is 20.6. The molecule has 2 aliphatic rings. The fourth-order valence-corrected chi connectivity index (χ4v) is 3.20. The van der Waals surface area contributed by atoms with Crippen molar-refractivity contribution in [1.82, 2.24) is 19.5 Å². The highest BCUT2D eigenvalue weighted by atomic mass is 16.6. The number of hydrogen-bond donors (Lipinski definition) is 4. The molecule has 2 fully saturated rings. The maximum absolute atomic E-state index is 10.3. The van der Waals surface area contributed by atoms with Crippen LogP contribution in [0, 0.1) is 0 Å². The van der Waals surface area contributed by atoms with E-state index in [1.165, 1.54) is 12.7 Å². The first-order valence-electron chi connectivity index (χ1n) is 6.77.